The molecule has 0 spiro atoms. The second-order valence-electron chi connectivity index (χ2n) is 7.59. The van der Waals surface area contributed by atoms with E-state index in [1.807, 2.05) is 17.2 Å². The molecule has 146 valence electrons. The lowest BCUT2D eigenvalue weighted by molar-refractivity contribution is 0.194. The number of hydrogen-bond donors (Lipinski definition) is 1. The van der Waals surface area contributed by atoms with Gasteiger partial charge in [0.15, 0.2) is 0 Å². The summed E-state index contributed by atoms with van der Waals surface area (Å²) in [7, 11) is 0. The van der Waals surface area contributed by atoms with Crippen molar-refractivity contribution in [2.75, 3.05) is 18.4 Å². The van der Waals surface area contributed by atoms with Crippen LogP contribution in [0.2, 0.25) is 0 Å². The van der Waals surface area contributed by atoms with E-state index in [0.717, 1.165) is 54.8 Å². The van der Waals surface area contributed by atoms with E-state index >= 15 is 0 Å². The quantitative estimate of drug-likeness (QED) is 0.732. The van der Waals surface area contributed by atoms with Crippen molar-refractivity contribution in [3.05, 3.63) is 53.7 Å². The Bertz CT molecular complexity index is 1000. The predicted octanol–water partition coefficient (Wildman–Crippen LogP) is 4.48. The Kier molecular flexibility index (Phi) is 5.03. The molecule has 2 aromatic heterocycles. The molecule has 6 heteroatoms. The van der Waals surface area contributed by atoms with Crippen molar-refractivity contribution in [3.8, 4) is 0 Å². The molecule has 3 aromatic rings. The smallest absolute Gasteiger partial charge is 0.321 e. The molecule has 1 saturated heterocycles. The summed E-state index contributed by atoms with van der Waals surface area (Å²) in [5.74, 6) is 0.403. The van der Waals surface area contributed by atoms with Gasteiger partial charge in [-0.3, -0.25) is 0 Å². The van der Waals surface area contributed by atoms with E-state index in [-0.39, 0.29) is 6.03 Å². The molecule has 1 aromatic carbocycles. The number of hydrogen-bond acceptors (Lipinski definition) is 3. The van der Waals surface area contributed by atoms with Crippen LogP contribution in [0.15, 0.2) is 36.8 Å². The summed E-state index contributed by atoms with van der Waals surface area (Å²) < 4.78 is 2.28. The zero-order chi connectivity index (χ0) is 19.7. The highest BCUT2D eigenvalue weighted by molar-refractivity contribution is 5.93. The molecule has 3 heterocycles. The van der Waals surface area contributed by atoms with Crippen LogP contribution in [0.3, 0.4) is 0 Å². The highest BCUT2D eigenvalue weighted by Crippen LogP contribution is 2.29. The number of urea groups is 1. The van der Waals surface area contributed by atoms with Crippen LogP contribution >= 0.6 is 0 Å². The Morgan fingerprint density at radius 1 is 1.21 bits per heavy atom. The summed E-state index contributed by atoms with van der Waals surface area (Å²) in [6, 6.07) is 8.28. The fraction of sp³-hybridized carbons (Fsp3) is 0.409. The molecule has 1 aliphatic rings. The number of nitrogens with one attached hydrogen (secondary N) is 1. The minimum atomic E-state index is -0.0242. The molecule has 2 amide bonds. The van der Waals surface area contributed by atoms with Gasteiger partial charge >= 0.3 is 6.03 Å². The number of anilines is 1. The van der Waals surface area contributed by atoms with E-state index in [4.69, 9.17) is 0 Å². The lowest BCUT2D eigenvalue weighted by Gasteiger charge is -2.32. The van der Waals surface area contributed by atoms with Crippen molar-refractivity contribution in [1.82, 2.24) is 19.4 Å². The highest BCUT2D eigenvalue weighted by Gasteiger charge is 2.25. The first-order valence-electron chi connectivity index (χ1n) is 9.99. The third kappa shape index (κ3) is 3.46. The number of rotatable bonds is 3. The Morgan fingerprint density at radius 2 is 2.00 bits per heavy atom. The fourth-order valence-corrected chi connectivity index (χ4v) is 4.30. The molecule has 4 rings (SSSR count). The topological polar surface area (TPSA) is 63.1 Å². The van der Waals surface area contributed by atoms with Crippen molar-refractivity contribution in [2.24, 2.45) is 0 Å². The maximum Gasteiger partial charge on any atom is 0.321 e. The maximum atomic E-state index is 12.7. The fourth-order valence-electron chi connectivity index (χ4n) is 4.30. The Labute approximate surface area is 165 Å². The summed E-state index contributed by atoms with van der Waals surface area (Å²) in [5, 5.41) is 4.23. The van der Waals surface area contributed by atoms with Gasteiger partial charge in [-0.2, -0.15) is 0 Å². The molecule has 0 aliphatic carbocycles. The number of piperidine rings is 1. The van der Waals surface area contributed by atoms with Gasteiger partial charge in [0.1, 0.15) is 6.33 Å². The van der Waals surface area contributed by atoms with Crippen LogP contribution in [0.25, 0.3) is 10.9 Å². The van der Waals surface area contributed by atoms with Crippen LogP contribution in [0.1, 0.15) is 42.6 Å². The van der Waals surface area contributed by atoms with E-state index < -0.39 is 0 Å². The number of fused-ring (bicyclic) bond motifs is 1. The number of nitrogens with zero attached hydrogens (tertiary/aromatic N) is 4. The third-order valence-electron chi connectivity index (χ3n) is 5.78. The Hall–Kier alpha value is -2.89. The maximum absolute atomic E-state index is 12.7. The number of likely N-dealkylation sites (tertiary alicyclic amines) is 1. The van der Waals surface area contributed by atoms with Crippen LogP contribution < -0.4 is 5.32 Å². The molecule has 1 aliphatic heterocycles. The lowest BCUT2D eigenvalue weighted by Crippen LogP contribution is -2.40. The zero-order valence-corrected chi connectivity index (χ0v) is 16.8. The first kappa shape index (κ1) is 18.5. The van der Waals surface area contributed by atoms with Gasteiger partial charge < -0.3 is 14.8 Å². The molecule has 1 N–H and O–H groups in total. The van der Waals surface area contributed by atoms with Crippen molar-refractivity contribution >= 4 is 22.6 Å². The second kappa shape index (κ2) is 7.62. The second-order valence-corrected chi connectivity index (χ2v) is 7.59. The number of benzene rings is 1. The van der Waals surface area contributed by atoms with Gasteiger partial charge in [-0.25, -0.2) is 14.8 Å². The molecule has 6 nitrogen and oxygen atoms in total. The molecule has 28 heavy (non-hydrogen) atoms. The van der Waals surface area contributed by atoms with E-state index in [1.165, 1.54) is 11.2 Å². The minimum absolute atomic E-state index is 0.0242. The SMILES string of the molecule is CCn1c(C)cc2cc(NC(=O)N3CCC(c4ncncc4C)CC3)ccc21. The molecule has 0 atom stereocenters. The summed E-state index contributed by atoms with van der Waals surface area (Å²) in [6.07, 6.45) is 5.35. The van der Waals surface area contributed by atoms with Gasteiger partial charge in [-0.05, 0) is 63.4 Å². The van der Waals surface area contributed by atoms with Gasteiger partial charge in [-0.1, -0.05) is 0 Å². The number of aryl methyl sites for hydroxylation is 3. The molecular formula is C22H27N5O. The van der Waals surface area contributed by atoms with Crippen molar-refractivity contribution < 1.29 is 4.79 Å². The molecule has 0 radical (unpaired) electrons. The van der Waals surface area contributed by atoms with Crippen LogP contribution in [0.5, 0.6) is 0 Å². The van der Waals surface area contributed by atoms with Gasteiger partial charge in [0.2, 0.25) is 0 Å². The summed E-state index contributed by atoms with van der Waals surface area (Å²) in [6.45, 7) is 8.75. The van der Waals surface area contributed by atoms with E-state index in [0.29, 0.717) is 5.92 Å². The van der Waals surface area contributed by atoms with E-state index in [1.54, 1.807) is 6.33 Å². The van der Waals surface area contributed by atoms with E-state index in [2.05, 4.69) is 58.8 Å². The first-order valence-corrected chi connectivity index (χ1v) is 9.99. The first-order chi connectivity index (χ1) is 13.6. The summed E-state index contributed by atoms with van der Waals surface area (Å²) >= 11 is 0. The van der Waals surface area contributed by atoms with Crippen LogP contribution in [0.4, 0.5) is 10.5 Å². The summed E-state index contributed by atoms with van der Waals surface area (Å²) in [4.78, 5) is 23.2. The monoisotopic (exact) mass is 377 g/mol. The average Bonchev–Trinajstić information content (AvgIpc) is 3.02. The minimum Gasteiger partial charge on any atom is -0.345 e. The van der Waals surface area contributed by atoms with Gasteiger partial charge in [0.05, 0.1) is 0 Å². The standard InChI is InChI=1S/C22H27N5O/c1-4-27-16(3)11-18-12-19(5-6-20(18)27)25-22(28)26-9-7-17(8-10-26)21-15(2)13-23-14-24-21/h5-6,11-14,17H,4,7-10H2,1-3H3,(H,25,28). The lowest BCUT2D eigenvalue weighted by atomic mass is 9.91. The largest absolute Gasteiger partial charge is 0.345 e. The molecule has 0 bridgehead atoms. The number of carbonyl (C=O) groups excluding carboxylic acids is 1. The predicted molar refractivity (Wildman–Crippen MR) is 112 cm³/mol. The Morgan fingerprint density at radius 3 is 2.71 bits per heavy atom. The number of amides is 2. The number of aromatic nitrogens is 3. The molecule has 0 saturated carbocycles. The van der Waals surface area contributed by atoms with Crippen molar-refractivity contribution in [2.45, 2.75) is 46.1 Å². The third-order valence-corrected chi connectivity index (χ3v) is 5.78. The van der Waals surface area contributed by atoms with Gasteiger partial charge in [0, 0.05) is 59.7 Å². The van der Waals surface area contributed by atoms with Crippen LogP contribution in [-0.2, 0) is 6.54 Å². The molecular weight excluding hydrogens is 350 g/mol. The van der Waals surface area contributed by atoms with E-state index in [9.17, 15) is 4.79 Å². The van der Waals surface area contributed by atoms with Crippen molar-refractivity contribution in [3.63, 3.8) is 0 Å². The number of carbonyl (C=O) groups is 1. The Balaban J connectivity index is 1.41. The molecule has 0 unspecified atom stereocenters. The van der Waals surface area contributed by atoms with Crippen molar-refractivity contribution in [1.29, 1.82) is 0 Å². The van der Waals surface area contributed by atoms with Crippen LogP contribution in [-0.4, -0.2) is 38.6 Å². The molecule has 1 fully saturated rings. The average molecular weight is 377 g/mol. The van der Waals surface area contributed by atoms with Crippen LogP contribution in [0, 0.1) is 13.8 Å². The van der Waals surface area contributed by atoms with Gasteiger partial charge in [-0.15, -0.1) is 0 Å². The van der Waals surface area contributed by atoms with Gasteiger partial charge in [0.25, 0.3) is 0 Å². The highest BCUT2D eigenvalue weighted by atomic mass is 16.2. The summed E-state index contributed by atoms with van der Waals surface area (Å²) in [5.41, 5.74) is 5.55. The normalized spacial score (nSPS) is 15.2. The zero-order valence-electron chi connectivity index (χ0n) is 16.8.